The van der Waals surface area contributed by atoms with E-state index in [-0.39, 0.29) is 39.8 Å². The number of aliphatic imine (C=N–C) groups is 1. The van der Waals surface area contributed by atoms with Crippen LogP contribution in [0.3, 0.4) is 0 Å². The van der Waals surface area contributed by atoms with Gasteiger partial charge in [-0.3, -0.25) is 9.69 Å². The van der Waals surface area contributed by atoms with Gasteiger partial charge in [-0.05, 0) is 12.1 Å². The summed E-state index contributed by atoms with van der Waals surface area (Å²) >= 11 is 7.63. The number of hydrogen-bond acceptors (Lipinski definition) is 9. The highest BCUT2D eigenvalue weighted by Crippen LogP contribution is 2.39. The summed E-state index contributed by atoms with van der Waals surface area (Å²) < 4.78 is 52.5. The summed E-state index contributed by atoms with van der Waals surface area (Å²) in [5.41, 5.74) is 0.822. The smallest absolute Gasteiger partial charge is 0.480 e. The van der Waals surface area contributed by atoms with Gasteiger partial charge < -0.3 is 19.9 Å². The molecule has 2 aliphatic heterocycles. The summed E-state index contributed by atoms with van der Waals surface area (Å²) in [5.74, 6) is -5.22. The number of carbonyl (C=O) groups excluding carboxylic acids is 1. The molecular weight excluding hydrogens is 561 g/mol. The molecule has 0 unspecified atom stereocenters. The van der Waals surface area contributed by atoms with E-state index < -0.39 is 48.9 Å². The summed E-state index contributed by atoms with van der Waals surface area (Å²) in [6, 6.07) is 0.940. The van der Waals surface area contributed by atoms with Crippen LogP contribution in [0, 0.1) is 5.82 Å². The predicted molar refractivity (Wildman–Crippen MR) is 138 cm³/mol. The van der Waals surface area contributed by atoms with Crippen LogP contribution >= 0.6 is 22.9 Å². The van der Waals surface area contributed by atoms with E-state index in [1.54, 1.807) is 0 Å². The number of aliphatic carboxylic acids is 1. The second-order valence-electron chi connectivity index (χ2n) is 10.2. The summed E-state index contributed by atoms with van der Waals surface area (Å²) in [7, 11) is 1.08. The van der Waals surface area contributed by atoms with Gasteiger partial charge in [0.15, 0.2) is 16.6 Å². The van der Waals surface area contributed by atoms with Crippen molar-refractivity contribution in [1.82, 2.24) is 15.2 Å². The summed E-state index contributed by atoms with van der Waals surface area (Å²) in [6.07, 6.45) is -2.00. The number of thiazole rings is 1. The summed E-state index contributed by atoms with van der Waals surface area (Å²) in [6.45, 7) is 4.74. The number of nitrogens with zero attached hydrogens (tertiary/aromatic N) is 3. The molecule has 0 spiro atoms. The average molecular weight is 587 g/mol. The van der Waals surface area contributed by atoms with Crippen LogP contribution in [0.1, 0.15) is 49.5 Å². The van der Waals surface area contributed by atoms with Gasteiger partial charge in [-0.1, -0.05) is 38.4 Å². The quantitative estimate of drug-likeness (QED) is 0.449. The topological polar surface area (TPSA) is 113 Å². The predicted octanol–water partition coefficient (Wildman–Crippen LogP) is 5.11. The molecule has 2 atom stereocenters. The fraction of sp³-hybridized carbons (Fsp3) is 0.440. The molecule has 1 saturated heterocycles. The van der Waals surface area contributed by atoms with E-state index in [1.165, 1.54) is 17.4 Å². The van der Waals surface area contributed by atoms with Crippen molar-refractivity contribution < 1.29 is 37.3 Å². The Morgan fingerprint density at radius 3 is 2.64 bits per heavy atom. The maximum atomic E-state index is 14.3. The molecular formula is C25H26ClF3N4O5S. The Bertz CT molecular complexity index is 1360. The van der Waals surface area contributed by atoms with Gasteiger partial charge in [0.25, 0.3) is 5.92 Å². The van der Waals surface area contributed by atoms with E-state index in [1.807, 2.05) is 26.2 Å². The largest absolute Gasteiger partial charge is 0.513 e. The molecule has 4 rings (SSSR count). The molecule has 0 aliphatic carbocycles. The number of hydrogen-bond donors (Lipinski definition) is 2. The van der Waals surface area contributed by atoms with Crippen LogP contribution in [0.15, 0.2) is 40.0 Å². The van der Waals surface area contributed by atoms with Gasteiger partial charge in [0.2, 0.25) is 0 Å². The van der Waals surface area contributed by atoms with Crippen LogP contribution in [-0.4, -0.2) is 65.1 Å². The molecule has 0 amide bonds. The Labute approximate surface area is 231 Å². The second-order valence-corrected chi connectivity index (χ2v) is 11.4. The SMILES string of the molecule is COC(=O)OC1=C(CN2CC(F)(F)C[C@H]2C(=O)O)NC(c2nc(C(C)(C)C)cs2)=N[C@@H]1c1ccc(F)cc1Cl. The monoisotopic (exact) mass is 586 g/mol. The maximum Gasteiger partial charge on any atom is 0.513 e. The minimum atomic E-state index is -3.24. The van der Waals surface area contributed by atoms with E-state index in [4.69, 9.17) is 16.3 Å². The minimum Gasteiger partial charge on any atom is -0.480 e. The molecule has 2 aliphatic rings. The van der Waals surface area contributed by atoms with Gasteiger partial charge in [-0.2, -0.15) is 0 Å². The Hall–Kier alpha value is -3.16. The molecule has 1 aromatic heterocycles. The van der Waals surface area contributed by atoms with E-state index in [2.05, 4.69) is 20.0 Å². The number of nitrogens with one attached hydrogen (secondary N) is 1. The first kappa shape index (κ1) is 28.8. The number of amidine groups is 1. The van der Waals surface area contributed by atoms with Gasteiger partial charge in [-0.25, -0.2) is 27.9 Å². The van der Waals surface area contributed by atoms with Crippen LogP contribution in [-0.2, 0) is 19.7 Å². The van der Waals surface area contributed by atoms with Crippen molar-refractivity contribution in [2.75, 3.05) is 20.2 Å². The number of halogens is 4. The Morgan fingerprint density at radius 2 is 2.05 bits per heavy atom. The number of carboxylic acids is 1. The molecule has 3 heterocycles. The number of benzene rings is 1. The third-order valence-corrected chi connectivity index (χ3v) is 7.36. The van der Waals surface area contributed by atoms with Crippen molar-refractivity contribution in [2.45, 2.75) is 50.6 Å². The third-order valence-electron chi connectivity index (χ3n) is 6.18. The van der Waals surface area contributed by atoms with Crippen LogP contribution in [0.2, 0.25) is 5.02 Å². The van der Waals surface area contributed by atoms with Crippen molar-refractivity contribution in [1.29, 1.82) is 0 Å². The van der Waals surface area contributed by atoms with Crippen molar-refractivity contribution >= 4 is 40.9 Å². The van der Waals surface area contributed by atoms with Crippen LogP contribution in [0.25, 0.3) is 0 Å². The fourth-order valence-corrected chi connectivity index (χ4v) is 5.49. The lowest BCUT2D eigenvalue weighted by molar-refractivity contribution is -0.142. The number of carboxylic acid groups (broad SMARTS) is 1. The molecule has 0 radical (unpaired) electrons. The van der Waals surface area contributed by atoms with Crippen LogP contribution < -0.4 is 5.32 Å². The highest BCUT2D eigenvalue weighted by Gasteiger charge is 2.49. The second kappa shape index (κ2) is 10.8. The highest BCUT2D eigenvalue weighted by molar-refractivity contribution is 7.11. The first-order valence-electron chi connectivity index (χ1n) is 11.8. The van der Waals surface area contributed by atoms with E-state index in [0.717, 1.165) is 29.8 Å². The molecule has 39 heavy (non-hydrogen) atoms. The number of methoxy groups -OCH3 is 1. The van der Waals surface area contributed by atoms with E-state index in [9.17, 15) is 27.9 Å². The van der Waals surface area contributed by atoms with Gasteiger partial charge in [-0.15, -0.1) is 11.3 Å². The summed E-state index contributed by atoms with van der Waals surface area (Å²) in [4.78, 5) is 34.4. The lowest BCUT2D eigenvalue weighted by atomic mass is 9.93. The number of aromatic nitrogens is 1. The Kier molecular flexibility index (Phi) is 7.97. The first-order chi connectivity index (χ1) is 18.2. The molecule has 9 nitrogen and oxygen atoms in total. The van der Waals surface area contributed by atoms with Crippen LogP contribution in [0.5, 0.6) is 0 Å². The number of carbonyl (C=O) groups is 2. The number of alkyl halides is 2. The molecule has 1 fully saturated rings. The zero-order valence-electron chi connectivity index (χ0n) is 21.4. The zero-order valence-corrected chi connectivity index (χ0v) is 23.0. The molecule has 14 heteroatoms. The van der Waals surface area contributed by atoms with E-state index >= 15 is 0 Å². The standard InChI is InChI=1S/C25H26ClF3N4O5S/c1-24(2,3)17-10-39-21(31-17)20-30-15(9-33-11-25(28,29)8-16(33)22(34)35)19(38-23(36)37-4)18(32-20)13-6-5-12(27)7-14(13)26/h5-7,10,16,18H,8-9,11H2,1-4H3,(H,30,32)(H,34,35)/t16-,18+/m0/s1. The first-order valence-corrected chi connectivity index (χ1v) is 13.0. The number of likely N-dealkylation sites (tertiary alicyclic amines) is 1. The lowest BCUT2D eigenvalue weighted by Crippen LogP contribution is -2.43. The van der Waals surface area contributed by atoms with Crippen LogP contribution in [0.4, 0.5) is 18.0 Å². The lowest BCUT2D eigenvalue weighted by Gasteiger charge is -2.30. The molecule has 0 bridgehead atoms. The van der Waals surface area contributed by atoms with Crippen molar-refractivity contribution in [2.24, 2.45) is 4.99 Å². The Balaban J connectivity index is 1.85. The third kappa shape index (κ3) is 6.36. The maximum absolute atomic E-state index is 14.3. The van der Waals surface area contributed by atoms with Gasteiger partial charge in [0.05, 0.1) is 25.0 Å². The molecule has 1 aromatic carbocycles. The summed E-state index contributed by atoms with van der Waals surface area (Å²) in [5, 5.41) is 14.9. The van der Waals surface area contributed by atoms with Crippen molar-refractivity contribution in [3.63, 3.8) is 0 Å². The van der Waals surface area contributed by atoms with Gasteiger partial charge in [0.1, 0.15) is 17.9 Å². The number of rotatable bonds is 6. The normalized spacial score (nSPS) is 21.4. The van der Waals surface area contributed by atoms with Crippen molar-refractivity contribution in [3.8, 4) is 0 Å². The number of ether oxygens (including phenoxy) is 2. The molecule has 2 aromatic rings. The van der Waals surface area contributed by atoms with Crippen molar-refractivity contribution in [3.05, 3.63) is 62.1 Å². The van der Waals surface area contributed by atoms with Gasteiger partial charge >= 0.3 is 12.1 Å². The fourth-order valence-electron chi connectivity index (χ4n) is 4.22. The Morgan fingerprint density at radius 1 is 1.33 bits per heavy atom. The molecule has 210 valence electrons. The van der Waals surface area contributed by atoms with E-state index in [0.29, 0.717) is 5.01 Å². The van der Waals surface area contributed by atoms with Gasteiger partial charge in [0, 0.05) is 34.3 Å². The molecule has 2 N–H and O–H groups in total. The molecule has 0 saturated carbocycles. The average Bonchev–Trinajstić information content (AvgIpc) is 3.45. The minimum absolute atomic E-state index is 0.0269. The zero-order chi connectivity index (χ0) is 28.7. The highest BCUT2D eigenvalue weighted by atomic mass is 35.5.